The molecular weight excluding hydrogens is 134 g/mol. The van der Waals surface area contributed by atoms with Crippen LogP contribution in [-0.2, 0) is 0 Å². The molecular formula is C8H12F2. The summed E-state index contributed by atoms with van der Waals surface area (Å²) in [6.07, 6.45) is 1.40. The van der Waals surface area contributed by atoms with Gasteiger partial charge in [0.25, 0.3) is 5.92 Å². The van der Waals surface area contributed by atoms with Crippen molar-refractivity contribution >= 4 is 0 Å². The molecule has 0 heterocycles. The van der Waals surface area contributed by atoms with Gasteiger partial charge in [-0.1, -0.05) is 12.7 Å². The van der Waals surface area contributed by atoms with Crippen LogP contribution >= 0.6 is 0 Å². The Bertz CT molecular complexity index is 166. The molecule has 0 saturated carbocycles. The molecule has 0 radical (unpaired) electrons. The van der Waals surface area contributed by atoms with Gasteiger partial charge in [-0.25, -0.2) is 0 Å². The summed E-state index contributed by atoms with van der Waals surface area (Å²) in [6, 6.07) is 0. The van der Waals surface area contributed by atoms with Gasteiger partial charge in [-0.2, -0.15) is 8.78 Å². The molecule has 0 aliphatic heterocycles. The van der Waals surface area contributed by atoms with E-state index in [1.54, 1.807) is 6.92 Å². The lowest BCUT2D eigenvalue weighted by Gasteiger charge is -2.16. The molecule has 0 saturated heterocycles. The number of hydrogen-bond donors (Lipinski definition) is 0. The first-order valence-corrected chi connectivity index (χ1v) is 3.10. The lowest BCUT2D eigenvalue weighted by Crippen LogP contribution is -2.18. The van der Waals surface area contributed by atoms with E-state index in [1.165, 1.54) is 19.9 Å². The van der Waals surface area contributed by atoms with E-state index in [0.29, 0.717) is 0 Å². The standard InChI is InChI=1S/C8H12F2/c1-5-7(4)8(9,10)6(2)3/h5H,2H2,1,3-4H3/b7-5+. The van der Waals surface area contributed by atoms with Crippen LogP contribution in [-0.4, -0.2) is 5.92 Å². The molecule has 0 nitrogen and oxygen atoms in total. The van der Waals surface area contributed by atoms with Crippen LogP contribution in [0.25, 0.3) is 0 Å². The van der Waals surface area contributed by atoms with Gasteiger partial charge < -0.3 is 0 Å². The second kappa shape index (κ2) is 2.95. The number of hydrogen-bond acceptors (Lipinski definition) is 0. The molecule has 2 heteroatoms. The quantitative estimate of drug-likeness (QED) is 0.525. The Kier molecular flexibility index (Phi) is 2.76. The van der Waals surface area contributed by atoms with Crippen LogP contribution in [0.3, 0.4) is 0 Å². The largest absolute Gasteiger partial charge is 0.289 e. The Morgan fingerprint density at radius 3 is 1.90 bits per heavy atom. The highest BCUT2D eigenvalue weighted by Crippen LogP contribution is 2.30. The van der Waals surface area contributed by atoms with E-state index in [2.05, 4.69) is 6.58 Å². The van der Waals surface area contributed by atoms with Crippen molar-refractivity contribution in [2.75, 3.05) is 0 Å². The number of rotatable bonds is 2. The minimum absolute atomic E-state index is 0.0556. The van der Waals surface area contributed by atoms with Gasteiger partial charge in [0.05, 0.1) is 0 Å². The lowest BCUT2D eigenvalue weighted by molar-refractivity contribution is 0.0835. The third-order valence-corrected chi connectivity index (χ3v) is 1.46. The maximum absolute atomic E-state index is 12.8. The van der Waals surface area contributed by atoms with Gasteiger partial charge in [0, 0.05) is 0 Å². The Labute approximate surface area is 60.2 Å². The van der Waals surface area contributed by atoms with E-state index in [4.69, 9.17) is 0 Å². The first kappa shape index (κ1) is 9.34. The topological polar surface area (TPSA) is 0 Å². The minimum Gasteiger partial charge on any atom is -0.197 e. The highest BCUT2D eigenvalue weighted by Gasteiger charge is 2.31. The van der Waals surface area contributed by atoms with E-state index < -0.39 is 5.92 Å². The van der Waals surface area contributed by atoms with Crippen LogP contribution in [0.4, 0.5) is 8.78 Å². The van der Waals surface area contributed by atoms with Crippen LogP contribution in [0, 0.1) is 0 Å². The van der Waals surface area contributed by atoms with Gasteiger partial charge in [0.1, 0.15) is 0 Å². The fraction of sp³-hybridized carbons (Fsp3) is 0.500. The van der Waals surface area contributed by atoms with Gasteiger partial charge in [-0.15, -0.1) is 0 Å². The fourth-order valence-electron chi connectivity index (χ4n) is 0.518. The first-order valence-electron chi connectivity index (χ1n) is 3.10. The third kappa shape index (κ3) is 1.66. The molecule has 0 aliphatic carbocycles. The van der Waals surface area contributed by atoms with Crippen molar-refractivity contribution in [1.82, 2.24) is 0 Å². The number of alkyl halides is 2. The molecule has 0 fully saturated rings. The van der Waals surface area contributed by atoms with Gasteiger partial charge in [-0.05, 0) is 31.9 Å². The maximum atomic E-state index is 12.8. The Morgan fingerprint density at radius 2 is 1.80 bits per heavy atom. The summed E-state index contributed by atoms with van der Waals surface area (Å²) in [5.41, 5.74) is -0.0527. The van der Waals surface area contributed by atoms with Crippen molar-refractivity contribution in [2.24, 2.45) is 0 Å². The summed E-state index contributed by atoms with van der Waals surface area (Å²) in [5, 5.41) is 0. The summed E-state index contributed by atoms with van der Waals surface area (Å²) in [4.78, 5) is 0. The normalized spacial score (nSPS) is 13.5. The third-order valence-electron chi connectivity index (χ3n) is 1.46. The van der Waals surface area contributed by atoms with Crippen LogP contribution < -0.4 is 0 Å². The van der Waals surface area contributed by atoms with Crippen LogP contribution in [0.5, 0.6) is 0 Å². The van der Waals surface area contributed by atoms with E-state index >= 15 is 0 Å². The molecule has 0 N–H and O–H groups in total. The summed E-state index contributed by atoms with van der Waals surface area (Å²) in [7, 11) is 0. The molecule has 0 bridgehead atoms. The van der Waals surface area contributed by atoms with Crippen LogP contribution in [0.1, 0.15) is 20.8 Å². The van der Waals surface area contributed by atoms with Crippen molar-refractivity contribution in [3.63, 3.8) is 0 Å². The summed E-state index contributed by atoms with van der Waals surface area (Å²) in [5.74, 6) is -2.82. The summed E-state index contributed by atoms with van der Waals surface area (Å²) < 4.78 is 25.5. The van der Waals surface area contributed by atoms with Gasteiger partial charge >= 0.3 is 0 Å². The molecule has 0 aromatic carbocycles. The predicted octanol–water partition coefficient (Wildman–Crippen LogP) is 3.16. The Morgan fingerprint density at radius 1 is 1.40 bits per heavy atom. The lowest BCUT2D eigenvalue weighted by atomic mass is 10.1. The molecule has 0 aliphatic rings. The summed E-state index contributed by atoms with van der Waals surface area (Å²) >= 11 is 0. The van der Waals surface area contributed by atoms with E-state index in [-0.39, 0.29) is 11.1 Å². The van der Waals surface area contributed by atoms with Gasteiger partial charge in [0.15, 0.2) is 0 Å². The predicted molar refractivity (Wildman–Crippen MR) is 39.2 cm³/mol. The van der Waals surface area contributed by atoms with Gasteiger partial charge in [0.2, 0.25) is 0 Å². The highest BCUT2D eigenvalue weighted by molar-refractivity contribution is 5.22. The second-order valence-corrected chi connectivity index (χ2v) is 2.33. The van der Waals surface area contributed by atoms with E-state index in [9.17, 15) is 8.78 Å². The fourth-order valence-corrected chi connectivity index (χ4v) is 0.518. The minimum atomic E-state index is -2.82. The number of halogens is 2. The average molecular weight is 146 g/mol. The molecule has 0 aromatic rings. The molecule has 58 valence electrons. The zero-order valence-corrected chi connectivity index (χ0v) is 6.54. The molecule has 0 amide bonds. The molecule has 0 aromatic heterocycles. The smallest absolute Gasteiger partial charge is 0.197 e. The zero-order valence-electron chi connectivity index (χ0n) is 6.54. The zero-order chi connectivity index (χ0) is 8.36. The summed E-state index contributed by atoms with van der Waals surface area (Å²) in [6.45, 7) is 7.52. The van der Waals surface area contributed by atoms with E-state index in [0.717, 1.165) is 0 Å². The van der Waals surface area contributed by atoms with Crippen molar-refractivity contribution < 1.29 is 8.78 Å². The molecule has 0 unspecified atom stereocenters. The molecule has 0 atom stereocenters. The molecule has 0 rings (SSSR count). The number of allylic oxidation sites excluding steroid dienone is 3. The molecule has 10 heavy (non-hydrogen) atoms. The van der Waals surface area contributed by atoms with E-state index in [1.807, 2.05) is 0 Å². The monoisotopic (exact) mass is 146 g/mol. The van der Waals surface area contributed by atoms with Crippen molar-refractivity contribution in [3.05, 3.63) is 23.8 Å². The first-order chi connectivity index (χ1) is 4.42. The second-order valence-electron chi connectivity index (χ2n) is 2.33. The molecule has 0 spiro atoms. The van der Waals surface area contributed by atoms with Crippen molar-refractivity contribution in [1.29, 1.82) is 0 Å². The maximum Gasteiger partial charge on any atom is 0.289 e. The van der Waals surface area contributed by atoms with Crippen LogP contribution in [0.15, 0.2) is 23.8 Å². The average Bonchev–Trinajstić information content (AvgIpc) is 1.86. The SMILES string of the molecule is C=C(C)C(F)(F)/C(C)=C/C. The van der Waals surface area contributed by atoms with Crippen molar-refractivity contribution in [3.8, 4) is 0 Å². The van der Waals surface area contributed by atoms with Gasteiger partial charge in [-0.3, -0.25) is 0 Å². The Hall–Kier alpha value is -0.660. The van der Waals surface area contributed by atoms with Crippen molar-refractivity contribution in [2.45, 2.75) is 26.7 Å². The highest BCUT2D eigenvalue weighted by atomic mass is 19.3. The van der Waals surface area contributed by atoms with Crippen LogP contribution in [0.2, 0.25) is 0 Å². The Balaban J connectivity index is 4.56.